The molecule has 0 aromatic heterocycles. The summed E-state index contributed by atoms with van der Waals surface area (Å²) in [6.07, 6.45) is 1.26. The molecule has 0 heterocycles. The number of sulfone groups is 1. The van der Waals surface area contributed by atoms with Crippen LogP contribution in [0.4, 0.5) is 0 Å². The topological polar surface area (TPSA) is 78.2 Å². The van der Waals surface area contributed by atoms with Crippen LogP contribution in [0.1, 0.15) is 34.1 Å². The van der Waals surface area contributed by atoms with Crippen LogP contribution in [-0.2, 0) is 14.6 Å². The number of rotatable bonds is 6. The van der Waals surface area contributed by atoms with Crippen LogP contribution in [0.15, 0.2) is 0 Å². The third-order valence-electron chi connectivity index (χ3n) is 2.81. The molecular formula is C12H22N2O3S. The zero-order valence-corrected chi connectivity index (χ0v) is 12.5. The summed E-state index contributed by atoms with van der Waals surface area (Å²) in [5, 5.41) is 8.59. The molecular weight excluding hydrogens is 252 g/mol. The van der Waals surface area contributed by atoms with Crippen LogP contribution in [0, 0.1) is 17.2 Å². The molecule has 18 heavy (non-hydrogen) atoms. The van der Waals surface area contributed by atoms with Crippen molar-refractivity contribution in [3.05, 3.63) is 0 Å². The molecule has 0 aliphatic carbocycles. The van der Waals surface area contributed by atoms with E-state index in [1.165, 1.54) is 18.7 Å². The van der Waals surface area contributed by atoms with Gasteiger partial charge < -0.3 is 4.90 Å². The number of nitrogens with zero attached hydrogens (tertiary/aromatic N) is 2. The largest absolute Gasteiger partial charge is 0.340 e. The maximum Gasteiger partial charge on any atom is 0.243 e. The fraction of sp³-hybridized carbons (Fsp3) is 0.833. The number of hydrogen-bond acceptors (Lipinski definition) is 4. The third kappa shape index (κ3) is 4.30. The molecule has 0 saturated heterocycles. The van der Waals surface area contributed by atoms with Crippen molar-refractivity contribution in [1.82, 2.24) is 4.90 Å². The summed E-state index contributed by atoms with van der Waals surface area (Å²) in [5.41, 5.74) is 0. The average molecular weight is 274 g/mol. The summed E-state index contributed by atoms with van der Waals surface area (Å²) in [4.78, 5) is 13.8. The minimum Gasteiger partial charge on any atom is -0.340 e. The fourth-order valence-electron chi connectivity index (χ4n) is 1.44. The van der Waals surface area contributed by atoms with Gasteiger partial charge in [0.25, 0.3) is 0 Å². The summed E-state index contributed by atoms with van der Waals surface area (Å²) in [6.45, 7) is 7.43. The van der Waals surface area contributed by atoms with E-state index >= 15 is 0 Å². The molecule has 5 nitrogen and oxygen atoms in total. The van der Waals surface area contributed by atoms with Gasteiger partial charge in [0.2, 0.25) is 5.91 Å². The lowest BCUT2D eigenvalue weighted by molar-refractivity contribution is -0.133. The molecule has 0 radical (unpaired) electrons. The predicted octanol–water partition coefficient (Wildman–Crippen LogP) is 1.21. The zero-order valence-electron chi connectivity index (χ0n) is 11.7. The van der Waals surface area contributed by atoms with E-state index in [1.54, 1.807) is 0 Å². The van der Waals surface area contributed by atoms with Gasteiger partial charge in [-0.2, -0.15) is 5.26 Å². The second kappa shape index (κ2) is 6.19. The van der Waals surface area contributed by atoms with Crippen molar-refractivity contribution < 1.29 is 13.2 Å². The molecule has 104 valence electrons. The number of hydrogen-bond donors (Lipinski definition) is 0. The zero-order chi connectivity index (χ0) is 14.6. The Morgan fingerprint density at radius 3 is 2.22 bits per heavy atom. The van der Waals surface area contributed by atoms with Crippen molar-refractivity contribution in [1.29, 1.82) is 5.26 Å². The molecule has 0 aliphatic rings. The van der Waals surface area contributed by atoms with Crippen molar-refractivity contribution in [2.24, 2.45) is 5.92 Å². The van der Waals surface area contributed by atoms with E-state index in [2.05, 4.69) is 0 Å². The molecule has 0 atom stereocenters. The van der Waals surface area contributed by atoms with Crippen molar-refractivity contribution in [2.75, 3.05) is 19.3 Å². The molecule has 0 aromatic carbocycles. The quantitative estimate of drug-likeness (QED) is 0.729. The predicted molar refractivity (Wildman–Crippen MR) is 70.6 cm³/mol. The molecule has 0 unspecified atom stereocenters. The number of nitriles is 1. The van der Waals surface area contributed by atoms with Crippen LogP contribution in [0.3, 0.4) is 0 Å². The van der Waals surface area contributed by atoms with Crippen molar-refractivity contribution >= 4 is 15.7 Å². The Kier molecular flexibility index (Phi) is 5.81. The Morgan fingerprint density at radius 1 is 1.39 bits per heavy atom. The minimum absolute atomic E-state index is 0.207. The number of amides is 1. The first-order valence-electron chi connectivity index (χ1n) is 5.90. The van der Waals surface area contributed by atoms with Crippen molar-refractivity contribution in [2.45, 2.75) is 38.9 Å². The molecule has 1 amide bonds. The highest BCUT2D eigenvalue weighted by Crippen LogP contribution is 2.19. The molecule has 6 heteroatoms. The standard InChI is InChI=1S/C12H22N2O3S/c1-10(2)9-14(8-6-7-13)11(15)12(3,4)18(5,16)17/h10H,6,8-9H2,1-5H3. The molecule has 0 saturated carbocycles. The summed E-state index contributed by atoms with van der Waals surface area (Å²) < 4.78 is 21.8. The van der Waals surface area contributed by atoms with Gasteiger partial charge in [0.15, 0.2) is 9.84 Å². The maximum absolute atomic E-state index is 12.3. The second-order valence-corrected chi connectivity index (χ2v) is 7.90. The first-order chi connectivity index (χ1) is 8.04. The van der Waals surface area contributed by atoms with E-state index in [1.807, 2.05) is 19.9 Å². The van der Waals surface area contributed by atoms with Gasteiger partial charge in [-0.25, -0.2) is 8.42 Å². The van der Waals surface area contributed by atoms with Crippen molar-refractivity contribution in [3.8, 4) is 6.07 Å². The summed E-state index contributed by atoms with van der Waals surface area (Å²) in [7, 11) is -3.48. The van der Waals surface area contributed by atoms with Crippen LogP contribution < -0.4 is 0 Å². The Bertz CT molecular complexity index is 433. The molecule has 0 spiro atoms. The lowest BCUT2D eigenvalue weighted by atomic mass is 10.1. The van der Waals surface area contributed by atoms with Gasteiger partial charge in [-0.05, 0) is 19.8 Å². The van der Waals surface area contributed by atoms with Crippen LogP contribution in [-0.4, -0.2) is 43.3 Å². The molecule has 0 bridgehead atoms. The van der Waals surface area contributed by atoms with Gasteiger partial charge >= 0.3 is 0 Å². The number of carbonyl (C=O) groups is 1. The van der Waals surface area contributed by atoms with E-state index in [9.17, 15) is 13.2 Å². The molecule has 0 aliphatic heterocycles. The first kappa shape index (κ1) is 16.9. The third-order valence-corrected chi connectivity index (χ3v) is 4.84. The smallest absolute Gasteiger partial charge is 0.243 e. The lowest BCUT2D eigenvalue weighted by Crippen LogP contribution is -2.50. The van der Waals surface area contributed by atoms with E-state index in [4.69, 9.17) is 5.26 Å². The van der Waals surface area contributed by atoms with E-state index in [-0.39, 0.29) is 18.9 Å². The highest BCUT2D eigenvalue weighted by molar-refractivity contribution is 7.92. The summed E-state index contributed by atoms with van der Waals surface area (Å²) >= 11 is 0. The molecule has 0 N–H and O–H groups in total. The van der Waals surface area contributed by atoms with Gasteiger partial charge in [-0.3, -0.25) is 4.79 Å². The number of carbonyl (C=O) groups excluding carboxylic acids is 1. The van der Waals surface area contributed by atoms with Crippen molar-refractivity contribution in [3.63, 3.8) is 0 Å². The Morgan fingerprint density at radius 2 is 1.89 bits per heavy atom. The SMILES string of the molecule is CC(C)CN(CCC#N)C(=O)C(C)(C)S(C)(=O)=O. The molecule has 0 aromatic rings. The Balaban J connectivity index is 5.13. The van der Waals surface area contributed by atoms with Gasteiger partial charge in [-0.15, -0.1) is 0 Å². The van der Waals surface area contributed by atoms with Crippen LogP contribution >= 0.6 is 0 Å². The molecule has 0 fully saturated rings. The van der Waals surface area contributed by atoms with Gasteiger partial charge in [-0.1, -0.05) is 13.8 Å². The normalized spacial score (nSPS) is 12.3. The Hall–Kier alpha value is -1.09. The first-order valence-corrected chi connectivity index (χ1v) is 7.79. The van der Waals surface area contributed by atoms with E-state index in [0.717, 1.165) is 6.26 Å². The fourth-order valence-corrected chi connectivity index (χ4v) is 1.89. The second-order valence-electron chi connectivity index (χ2n) is 5.34. The highest BCUT2D eigenvalue weighted by atomic mass is 32.2. The van der Waals surface area contributed by atoms with Crippen LogP contribution in [0.5, 0.6) is 0 Å². The lowest BCUT2D eigenvalue weighted by Gasteiger charge is -2.31. The maximum atomic E-state index is 12.3. The van der Waals surface area contributed by atoms with Gasteiger partial charge in [0, 0.05) is 19.3 Å². The monoisotopic (exact) mass is 274 g/mol. The highest BCUT2D eigenvalue weighted by Gasteiger charge is 2.41. The minimum atomic E-state index is -3.48. The van der Waals surface area contributed by atoms with Gasteiger partial charge in [0.05, 0.1) is 12.5 Å². The summed E-state index contributed by atoms with van der Waals surface area (Å²) in [5.74, 6) is -0.211. The van der Waals surface area contributed by atoms with Gasteiger partial charge in [0.1, 0.15) is 4.75 Å². The Labute approximate surface area is 110 Å². The summed E-state index contributed by atoms with van der Waals surface area (Å²) in [6, 6.07) is 1.97. The van der Waals surface area contributed by atoms with E-state index < -0.39 is 20.5 Å². The van der Waals surface area contributed by atoms with Crippen LogP contribution in [0.25, 0.3) is 0 Å². The molecule has 0 rings (SSSR count). The van der Waals surface area contributed by atoms with E-state index in [0.29, 0.717) is 6.54 Å². The van der Waals surface area contributed by atoms with Crippen LogP contribution in [0.2, 0.25) is 0 Å². The average Bonchev–Trinajstić information content (AvgIpc) is 2.20.